The number of carbonyl (C=O) groups is 1. The summed E-state index contributed by atoms with van der Waals surface area (Å²) in [6, 6.07) is 0. The van der Waals surface area contributed by atoms with Crippen LogP contribution in [0.15, 0.2) is 0 Å². The number of amides is 1. The summed E-state index contributed by atoms with van der Waals surface area (Å²) in [5, 5.41) is 10.4. The Bertz CT molecular complexity index is 183. The minimum Gasteiger partial charge on any atom is -0.329 e. The van der Waals surface area contributed by atoms with Gasteiger partial charge in [-0.1, -0.05) is 13.8 Å². The molecule has 12 heavy (non-hydrogen) atoms. The van der Waals surface area contributed by atoms with Crippen molar-refractivity contribution in [3.63, 3.8) is 0 Å². The Morgan fingerprint density at radius 3 is 2.33 bits per heavy atom. The first-order valence-corrected chi connectivity index (χ1v) is 4.06. The third kappa shape index (κ3) is 1.95. The van der Waals surface area contributed by atoms with Gasteiger partial charge in [0.2, 0.25) is 5.91 Å². The van der Waals surface area contributed by atoms with Crippen molar-refractivity contribution in [2.75, 3.05) is 6.54 Å². The van der Waals surface area contributed by atoms with E-state index in [1.807, 2.05) is 13.8 Å². The molecule has 0 radical (unpaired) electrons. The van der Waals surface area contributed by atoms with E-state index >= 15 is 0 Å². The number of nitrogens with zero attached hydrogens (tertiary/aromatic N) is 1. The number of carbonyl (C=O) groups excluding carboxylic acids is 1. The highest BCUT2D eigenvalue weighted by Crippen LogP contribution is 2.24. The van der Waals surface area contributed by atoms with Gasteiger partial charge in [0.05, 0.1) is 5.41 Å². The van der Waals surface area contributed by atoms with Crippen molar-refractivity contribution in [1.82, 2.24) is 5.32 Å². The average molecular weight is 169 g/mol. The lowest BCUT2D eigenvalue weighted by molar-refractivity contribution is -0.129. The Hall–Kier alpha value is -1.08. The normalized spacial score (nSPS) is 10.5. The standard InChI is InChI=1S/C8H15N3O/c1-3-8(4-2,5-9)7(12)11-6-10/h3-5,9H2,1-2H3,(H,11,12). The van der Waals surface area contributed by atoms with Crippen LogP contribution in [0.25, 0.3) is 0 Å². The zero-order valence-electron chi connectivity index (χ0n) is 7.55. The molecule has 0 aliphatic rings. The second kappa shape index (κ2) is 4.73. The van der Waals surface area contributed by atoms with E-state index in [4.69, 9.17) is 11.0 Å². The largest absolute Gasteiger partial charge is 0.329 e. The number of hydrogen-bond donors (Lipinski definition) is 2. The fraction of sp³-hybridized carbons (Fsp3) is 0.750. The van der Waals surface area contributed by atoms with E-state index in [2.05, 4.69) is 5.32 Å². The maximum atomic E-state index is 11.3. The van der Waals surface area contributed by atoms with Crippen LogP contribution < -0.4 is 11.1 Å². The molecule has 0 heterocycles. The second-order valence-electron chi connectivity index (χ2n) is 2.76. The quantitative estimate of drug-likeness (QED) is 0.470. The van der Waals surface area contributed by atoms with Gasteiger partial charge in [0.25, 0.3) is 0 Å². The zero-order chi connectivity index (χ0) is 9.61. The molecule has 0 saturated carbocycles. The van der Waals surface area contributed by atoms with Crippen LogP contribution in [0.1, 0.15) is 26.7 Å². The molecular weight excluding hydrogens is 154 g/mol. The molecule has 0 bridgehead atoms. The lowest BCUT2D eigenvalue weighted by atomic mass is 9.81. The SMILES string of the molecule is CCC(CC)(CN)C(=O)NC#N. The topological polar surface area (TPSA) is 78.9 Å². The average Bonchev–Trinajstić information content (AvgIpc) is 2.09. The smallest absolute Gasteiger partial charge is 0.240 e. The molecule has 0 aromatic rings. The van der Waals surface area contributed by atoms with Crippen LogP contribution in [0, 0.1) is 16.9 Å². The molecular formula is C8H15N3O. The first-order chi connectivity index (χ1) is 5.66. The van der Waals surface area contributed by atoms with Gasteiger partial charge in [-0.05, 0) is 12.8 Å². The van der Waals surface area contributed by atoms with Crippen molar-refractivity contribution in [2.45, 2.75) is 26.7 Å². The number of nitrogens with one attached hydrogen (secondary N) is 1. The molecule has 0 saturated heterocycles. The minimum absolute atomic E-state index is 0.266. The summed E-state index contributed by atoms with van der Waals surface area (Å²) in [6.45, 7) is 4.08. The van der Waals surface area contributed by atoms with Gasteiger partial charge in [-0.2, -0.15) is 5.26 Å². The Labute approximate surface area is 72.7 Å². The summed E-state index contributed by atoms with van der Waals surface area (Å²) in [5.41, 5.74) is 4.93. The van der Waals surface area contributed by atoms with E-state index in [0.717, 1.165) is 0 Å². The zero-order valence-corrected chi connectivity index (χ0v) is 7.55. The first kappa shape index (κ1) is 10.9. The maximum absolute atomic E-state index is 11.3. The van der Waals surface area contributed by atoms with Gasteiger partial charge in [-0.25, -0.2) is 0 Å². The van der Waals surface area contributed by atoms with Gasteiger partial charge in [0.15, 0.2) is 6.19 Å². The molecule has 0 rings (SSSR count). The molecule has 0 aliphatic carbocycles. The monoisotopic (exact) mass is 169 g/mol. The molecule has 1 amide bonds. The van der Waals surface area contributed by atoms with E-state index in [1.54, 1.807) is 6.19 Å². The lowest BCUT2D eigenvalue weighted by Crippen LogP contribution is -2.43. The molecule has 0 unspecified atom stereocenters. The molecule has 0 aliphatic heterocycles. The number of nitrogens with two attached hydrogens (primary N) is 1. The van der Waals surface area contributed by atoms with E-state index in [1.165, 1.54) is 0 Å². The molecule has 0 aromatic carbocycles. The summed E-state index contributed by atoms with van der Waals surface area (Å²) >= 11 is 0. The molecule has 4 heteroatoms. The van der Waals surface area contributed by atoms with Crippen LogP contribution in [0.2, 0.25) is 0 Å². The Morgan fingerprint density at radius 2 is 2.08 bits per heavy atom. The molecule has 0 aromatic heterocycles. The molecule has 68 valence electrons. The van der Waals surface area contributed by atoms with Crippen molar-refractivity contribution < 1.29 is 4.79 Å². The third-order valence-electron chi connectivity index (χ3n) is 2.40. The summed E-state index contributed by atoms with van der Waals surface area (Å²) in [5.74, 6) is -0.266. The van der Waals surface area contributed by atoms with E-state index in [0.29, 0.717) is 12.8 Å². The Morgan fingerprint density at radius 1 is 1.58 bits per heavy atom. The summed E-state index contributed by atoms with van der Waals surface area (Å²) in [4.78, 5) is 11.3. The van der Waals surface area contributed by atoms with Gasteiger partial charge in [0, 0.05) is 6.54 Å². The predicted octanol–water partition coefficient (Wildman–Crippen LogP) is 0.349. The number of hydrogen-bond acceptors (Lipinski definition) is 3. The van der Waals surface area contributed by atoms with E-state index in [9.17, 15) is 4.79 Å². The molecule has 0 spiro atoms. The molecule has 0 fully saturated rings. The van der Waals surface area contributed by atoms with Gasteiger partial charge in [0.1, 0.15) is 0 Å². The van der Waals surface area contributed by atoms with Crippen molar-refractivity contribution >= 4 is 5.91 Å². The number of rotatable bonds is 4. The predicted molar refractivity (Wildman–Crippen MR) is 45.8 cm³/mol. The summed E-state index contributed by atoms with van der Waals surface area (Å²) in [7, 11) is 0. The molecule has 3 N–H and O–H groups in total. The van der Waals surface area contributed by atoms with Crippen molar-refractivity contribution in [2.24, 2.45) is 11.1 Å². The minimum atomic E-state index is -0.560. The highest BCUT2D eigenvalue weighted by atomic mass is 16.2. The number of nitriles is 1. The van der Waals surface area contributed by atoms with E-state index < -0.39 is 5.41 Å². The summed E-state index contributed by atoms with van der Waals surface area (Å²) in [6.07, 6.45) is 2.94. The Balaban J connectivity index is 4.49. The van der Waals surface area contributed by atoms with Gasteiger partial charge in [-0.15, -0.1) is 0 Å². The van der Waals surface area contributed by atoms with Crippen LogP contribution in [0.4, 0.5) is 0 Å². The second-order valence-corrected chi connectivity index (χ2v) is 2.76. The van der Waals surface area contributed by atoms with Crippen molar-refractivity contribution in [3.05, 3.63) is 0 Å². The fourth-order valence-electron chi connectivity index (χ4n) is 1.14. The van der Waals surface area contributed by atoms with Gasteiger partial charge < -0.3 is 5.73 Å². The van der Waals surface area contributed by atoms with Crippen LogP contribution in [0.5, 0.6) is 0 Å². The summed E-state index contributed by atoms with van der Waals surface area (Å²) < 4.78 is 0. The van der Waals surface area contributed by atoms with Gasteiger partial charge in [-0.3, -0.25) is 10.1 Å². The van der Waals surface area contributed by atoms with Gasteiger partial charge >= 0.3 is 0 Å². The lowest BCUT2D eigenvalue weighted by Gasteiger charge is -2.26. The van der Waals surface area contributed by atoms with Crippen molar-refractivity contribution in [3.8, 4) is 6.19 Å². The van der Waals surface area contributed by atoms with Crippen LogP contribution in [0.3, 0.4) is 0 Å². The van der Waals surface area contributed by atoms with Crippen LogP contribution in [-0.2, 0) is 4.79 Å². The van der Waals surface area contributed by atoms with Crippen LogP contribution in [-0.4, -0.2) is 12.5 Å². The van der Waals surface area contributed by atoms with Crippen molar-refractivity contribution in [1.29, 1.82) is 5.26 Å². The van der Waals surface area contributed by atoms with Crippen LogP contribution >= 0.6 is 0 Å². The van der Waals surface area contributed by atoms with E-state index in [-0.39, 0.29) is 12.5 Å². The highest BCUT2D eigenvalue weighted by Gasteiger charge is 2.32. The fourth-order valence-corrected chi connectivity index (χ4v) is 1.14. The first-order valence-electron chi connectivity index (χ1n) is 4.06. The highest BCUT2D eigenvalue weighted by molar-refractivity contribution is 5.83. The molecule has 4 nitrogen and oxygen atoms in total. The third-order valence-corrected chi connectivity index (χ3v) is 2.40. The maximum Gasteiger partial charge on any atom is 0.240 e. The Kier molecular flexibility index (Phi) is 4.30. The molecule has 0 atom stereocenters.